The van der Waals surface area contributed by atoms with E-state index >= 15 is 0 Å². The fraction of sp³-hybridized carbons (Fsp3) is 0.667. The summed E-state index contributed by atoms with van der Waals surface area (Å²) in [6.07, 6.45) is 8.53. The predicted molar refractivity (Wildman–Crippen MR) is 174 cm³/mol. The summed E-state index contributed by atoms with van der Waals surface area (Å²) in [6, 6.07) is 5.90. The Morgan fingerprint density at radius 2 is 1.53 bits per heavy atom. The van der Waals surface area contributed by atoms with Gasteiger partial charge < -0.3 is 16.0 Å². The summed E-state index contributed by atoms with van der Waals surface area (Å²) < 4.78 is 0. The molecule has 10 heteroatoms. The van der Waals surface area contributed by atoms with Gasteiger partial charge >= 0.3 is 0 Å². The summed E-state index contributed by atoms with van der Waals surface area (Å²) in [7, 11) is 0. The average Bonchev–Trinajstić information content (AvgIpc) is 3.23. The second kappa shape index (κ2) is 18.7. The number of amides is 5. The van der Waals surface area contributed by atoms with Crippen molar-refractivity contribution in [1.29, 1.82) is 0 Å². The van der Waals surface area contributed by atoms with E-state index in [-0.39, 0.29) is 43.0 Å². The number of likely N-dealkylation sites (tertiary alicyclic amines) is 1. The van der Waals surface area contributed by atoms with E-state index in [1.165, 1.54) is 10.5 Å². The molecule has 5 amide bonds. The van der Waals surface area contributed by atoms with Gasteiger partial charge in [0.1, 0.15) is 12.1 Å². The average molecular weight is 617 g/mol. The molecule has 1 fully saturated rings. The third-order valence-corrected chi connectivity index (χ3v) is 9.21. The summed E-state index contributed by atoms with van der Waals surface area (Å²) in [5.74, 6) is -1.99. The molecule has 0 radical (unpaired) electrons. The van der Waals surface area contributed by atoms with Crippen molar-refractivity contribution >= 4 is 47.0 Å². The Morgan fingerprint density at radius 1 is 0.907 bits per heavy atom. The lowest BCUT2D eigenvalue weighted by Crippen LogP contribution is -2.54. The van der Waals surface area contributed by atoms with Crippen LogP contribution in [0.15, 0.2) is 24.3 Å². The van der Waals surface area contributed by atoms with E-state index in [0.29, 0.717) is 10.9 Å². The molecule has 3 atom stereocenters. The zero-order valence-electron chi connectivity index (χ0n) is 26.9. The molecular formula is C33H52N4O5S. The number of carbonyl (C=O) groups is 5. The first-order chi connectivity index (χ1) is 20.5. The Labute approximate surface area is 262 Å². The number of benzene rings is 1. The molecule has 0 aliphatic carbocycles. The molecule has 1 aromatic carbocycles. The Hall–Kier alpha value is -2.88. The number of hydrogen-bond donors (Lipinski definition) is 3. The minimum absolute atomic E-state index is 0.0164. The van der Waals surface area contributed by atoms with Crippen LogP contribution >= 0.6 is 11.8 Å². The summed E-state index contributed by atoms with van der Waals surface area (Å²) in [6.45, 7) is 11.6. The standard InChI is InChI=1S/C33H52N4O5S/c1-7-10-13-26(14-11-8-2)43-27-21-29(39)37(33(27)42)20-19-28(38)36-30(22(4)5)32(41)34-23(6)31(40)35-25-17-15-24(12-9-3)16-18-25/h15-18,22-23,26-27,30H,7-14,19-21H2,1-6H3,(H,34,41)(H,35,40)(H,36,38)/t23-,27?,30?/m0/s1. The van der Waals surface area contributed by atoms with Gasteiger partial charge in [-0.05, 0) is 49.8 Å². The van der Waals surface area contributed by atoms with Crippen molar-refractivity contribution in [2.45, 2.75) is 128 Å². The molecule has 3 N–H and O–H groups in total. The van der Waals surface area contributed by atoms with Crippen LogP contribution in [0.3, 0.4) is 0 Å². The summed E-state index contributed by atoms with van der Waals surface area (Å²) in [4.78, 5) is 65.5. The summed E-state index contributed by atoms with van der Waals surface area (Å²) in [5, 5.41) is 8.19. The van der Waals surface area contributed by atoms with E-state index < -0.39 is 29.1 Å². The molecule has 0 spiro atoms. The quantitative estimate of drug-likeness (QED) is 0.183. The van der Waals surface area contributed by atoms with Crippen molar-refractivity contribution in [3.63, 3.8) is 0 Å². The second-order valence-electron chi connectivity index (χ2n) is 11.8. The van der Waals surface area contributed by atoms with Crippen LogP contribution in [0.2, 0.25) is 0 Å². The van der Waals surface area contributed by atoms with Gasteiger partial charge in [0.05, 0.1) is 5.25 Å². The van der Waals surface area contributed by atoms with Gasteiger partial charge in [0.2, 0.25) is 29.5 Å². The second-order valence-corrected chi connectivity index (χ2v) is 13.3. The number of carbonyl (C=O) groups excluding carboxylic acids is 5. The van der Waals surface area contributed by atoms with Gasteiger partial charge in [-0.25, -0.2) is 0 Å². The molecule has 1 saturated heterocycles. The zero-order valence-corrected chi connectivity index (χ0v) is 27.7. The Bertz CT molecular complexity index is 1070. The van der Waals surface area contributed by atoms with Crippen LogP contribution < -0.4 is 16.0 Å². The number of imide groups is 1. The van der Waals surface area contributed by atoms with Crippen LogP contribution in [-0.4, -0.2) is 63.6 Å². The SMILES string of the molecule is CCCCC(CCCC)SC1CC(=O)N(CCC(=O)NC(C(=O)N[C@@H](C)C(=O)Nc2ccc(CCC)cc2)C(C)C)C1=O. The number of nitrogens with zero attached hydrogens (tertiary/aromatic N) is 1. The maximum Gasteiger partial charge on any atom is 0.246 e. The first-order valence-electron chi connectivity index (χ1n) is 16.0. The molecule has 240 valence electrons. The normalized spacial score (nSPS) is 16.5. The number of nitrogens with one attached hydrogen (secondary N) is 3. The van der Waals surface area contributed by atoms with Crippen LogP contribution in [0, 0.1) is 5.92 Å². The summed E-state index contributed by atoms with van der Waals surface area (Å²) in [5.41, 5.74) is 1.83. The van der Waals surface area contributed by atoms with Gasteiger partial charge in [0.25, 0.3) is 0 Å². The van der Waals surface area contributed by atoms with Crippen LogP contribution in [0.5, 0.6) is 0 Å². The molecule has 43 heavy (non-hydrogen) atoms. The van der Waals surface area contributed by atoms with Gasteiger partial charge in [-0.1, -0.05) is 78.9 Å². The maximum atomic E-state index is 13.1. The molecule has 0 saturated carbocycles. The van der Waals surface area contributed by atoms with Crippen molar-refractivity contribution in [2.75, 3.05) is 11.9 Å². The Morgan fingerprint density at radius 3 is 2.09 bits per heavy atom. The molecule has 9 nitrogen and oxygen atoms in total. The third-order valence-electron chi connectivity index (χ3n) is 7.66. The lowest BCUT2D eigenvalue weighted by atomic mass is 10.0. The molecule has 1 aliphatic rings. The van der Waals surface area contributed by atoms with Gasteiger partial charge in [-0.2, -0.15) is 0 Å². The number of hydrogen-bond acceptors (Lipinski definition) is 6. The molecule has 2 rings (SSSR count). The largest absolute Gasteiger partial charge is 0.344 e. The number of anilines is 1. The molecule has 1 aromatic rings. The van der Waals surface area contributed by atoms with Crippen LogP contribution in [-0.2, 0) is 30.4 Å². The van der Waals surface area contributed by atoms with Gasteiger partial charge in [0, 0.05) is 30.3 Å². The highest BCUT2D eigenvalue weighted by Crippen LogP contribution is 2.33. The highest BCUT2D eigenvalue weighted by Gasteiger charge is 2.40. The number of unbranched alkanes of at least 4 members (excludes halogenated alkanes) is 2. The zero-order chi connectivity index (χ0) is 31.9. The minimum atomic E-state index is -0.873. The van der Waals surface area contributed by atoms with Gasteiger partial charge in [-0.15, -0.1) is 11.8 Å². The highest BCUT2D eigenvalue weighted by atomic mass is 32.2. The molecule has 0 aromatic heterocycles. The van der Waals surface area contributed by atoms with E-state index in [0.717, 1.165) is 51.4 Å². The monoisotopic (exact) mass is 616 g/mol. The van der Waals surface area contributed by atoms with Crippen LogP contribution in [0.4, 0.5) is 5.69 Å². The van der Waals surface area contributed by atoms with Crippen molar-refractivity contribution in [3.8, 4) is 0 Å². The Balaban J connectivity index is 1.88. The Kier molecular flexibility index (Phi) is 15.8. The number of aryl methyl sites for hydroxylation is 1. The van der Waals surface area contributed by atoms with Crippen molar-refractivity contribution in [3.05, 3.63) is 29.8 Å². The van der Waals surface area contributed by atoms with Gasteiger partial charge in [-0.3, -0.25) is 28.9 Å². The smallest absolute Gasteiger partial charge is 0.246 e. The number of thioether (sulfide) groups is 1. The lowest BCUT2D eigenvalue weighted by molar-refractivity contribution is -0.139. The maximum absolute atomic E-state index is 13.1. The molecule has 1 heterocycles. The predicted octanol–water partition coefficient (Wildman–Crippen LogP) is 5.22. The lowest BCUT2D eigenvalue weighted by Gasteiger charge is -2.24. The van der Waals surface area contributed by atoms with E-state index in [2.05, 4.69) is 36.7 Å². The fourth-order valence-corrected chi connectivity index (χ4v) is 6.58. The molecule has 1 aliphatic heterocycles. The minimum Gasteiger partial charge on any atom is -0.344 e. The first kappa shape index (κ1) is 36.3. The molecular weight excluding hydrogens is 564 g/mol. The van der Waals surface area contributed by atoms with E-state index in [9.17, 15) is 24.0 Å². The van der Waals surface area contributed by atoms with E-state index in [1.807, 2.05) is 24.3 Å². The van der Waals surface area contributed by atoms with Crippen molar-refractivity contribution in [1.82, 2.24) is 15.5 Å². The van der Waals surface area contributed by atoms with Crippen LogP contribution in [0.25, 0.3) is 0 Å². The van der Waals surface area contributed by atoms with Crippen molar-refractivity contribution < 1.29 is 24.0 Å². The van der Waals surface area contributed by atoms with E-state index in [1.54, 1.807) is 32.5 Å². The molecule has 2 unspecified atom stereocenters. The van der Waals surface area contributed by atoms with Crippen molar-refractivity contribution in [2.24, 2.45) is 5.92 Å². The summed E-state index contributed by atoms with van der Waals surface area (Å²) >= 11 is 1.61. The highest BCUT2D eigenvalue weighted by molar-refractivity contribution is 8.01. The third kappa shape index (κ3) is 12.0. The number of rotatable bonds is 19. The van der Waals surface area contributed by atoms with Gasteiger partial charge in [0.15, 0.2) is 0 Å². The van der Waals surface area contributed by atoms with Crippen LogP contribution in [0.1, 0.15) is 105 Å². The molecule has 0 bridgehead atoms. The topological polar surface area (TPSA) is 125 Å². The first-order valence-corrected chi connectivity index (χ1v) is 16.9. The fourth-order valence-electron chi connectivity index (χ4n) is 5.03. The van der Waals surface area contributed by atoms with E-state index in [4.69, 9.17) is 0 Å².